The van der Waals surface area contributed by atoms with Crippen LogP contribution in [0.1, 0.15) is 48.8 Å². The molecule has 0 spiro atoms. The molecule has 5 rings (SSSR count). The lowest BCUT2D eigenvalue weighted by Gasteiger charge is -2.48. The number of allylic oxidation sites excluding steroid dienone is 2. The van der Waals surface area contributed by atoms with Gasteiger partial charge in [0.1, 0.15) is 0 Å². The third kappa shape index (κ3) is 1.29. The van der Waals surface area contributed by atoms with Crippen molar-refractivity contribution < 1.29 is 0 Å². The molecule has 17 heavy (non-hydrogen) atoms. The van der Waals surface area contributed by atoms with Crippen molar-refractivity contribution in [1.82, 2.24) is 4.98 Å². The van der Waals surface area contributed by atoms with E-state index in [0.717, 1.165) is 16.9 Å². The van der Waals surface area contributed by atoms with Gasteiger partial charge in [0.15, 0.2) is 0 Å². The molecule has 0 saturated heterocycles. The van der Waals surface area contributed by atoms with E-state index in [4.69, 9.17) is 11.6 Å². The van der Waals surface area contributed by atoms with E-state index < -0.39 is 0 Å². The van der Waals surface area contributed by atoms with Crippen molar-refractivity contribution in [3.8, 4) is 0 Å². The predicted octanol–water partition coefficient (Wildman–Crippen LogP) is 4.29. The quantitative estimate of drug-likeness (QED) is 0.622. The Labute approximate surface area is 107 Å². The Morgan fingerprint density at radius 3 is 2.59 bits per heavy atom. The molecule has 1 fully saturated rings. The minimum absolute atomic E-state index is 0.541. The highest BCUT2D eigenvalue weighted by molar-refractivity contribution is 6.31. The van der Waals surface area contributed by atoms with Gasteiger partial charge in [0, 0.05) is 28.6 Å². The Kier molecular flexibility index (Phi) is 2.14. The molecule has 4 aliphatic rings. The molecule has 88 valence electrons. The molecule has 4 atom stereocenters. The molecule has 0 aliphatic heterocycles. The summed E-state index contributed by atoms with van der Waals surface area (Å²) in [5, 5.41) is 0.929. The maximum absolute atomic E-state index is 6.39. The van der Waals surface area contributed by atoms with Crippen molar-refractivity contribution in [3.05, 3.63) is 40.7 Å². The molecule has 0 amide bonds. The lowest BCUT2D eigenvalue weighted by atomic mass is 9.57. The highest BCUT2D eigenvalue weighted by atomic mass is 35.5. The fourth-order valence-corrected chi connectivity index (χ4v) is 4.55. The van der Waals surface area contributed by atoms with E-state index in [2.05, 4.69) is 17.1 Å². The molecule has 2 bridgehead atoms. The van der Waals surface area contributed by atoms with E-state index in [1.54, 1.807) is 0 Å². The summed E-state index contributed by atoms with van der Waals surface area (Å²) in [6, 6.07) is 1.95. The highest BCUT2D eigenvalue weighted by Crippen LogP contribution is 2.57. The zero-order chi connectivity index (χ0) is 11.4. The summed E-state index contributed by atoms with van der Waals surface area (Å²) in [4.78, 5) is 4.62. The number of halogens is 1. The highest BCUT2D eigenvalue weighted by Gasteiger charge is 2.46. The average Bonchev–Trinajstić information content (AvgIpc) is 2.40. The third-order valence-electron chi connectivity index (χ3n) is 4.94. The summed E-state index contributed by atoms with van der Waals surface area (Å²) >= 11 is 6.39. The van der Waals surface area contributed by atoms with E-state index in [-0.39, 0.29) is 0 Å². The predicted molar refractivity (Wildman–Crippen MR) is 69.3 cm³/mol. The molecule has 1 aromatic rings. The fourth-order valence-electron chi connectivity index (χ4n) is 4.27. The first-order valence-electron chi connectivity index (χ1n) is 6.69. The number of hydrogen-bond donors (Lipinski definition) is 0. The molecule has 1 heterocycles. The fraction of sp³-hybridized carbons (Fsp3) is 0.533. The van der Waals surface area contributed by atoms with Crippen LogP contribution in [0.25, 0.3) is 0 Å². The second-order valence-electron chi connectivity index (χ2n) is 5.64. The standard InChI is InChI=1S/C15H16ClN/c16-13-7-8-17-15-12-6-5-11(14(13)15)9-3-1-2-4-10(9)12/h5-12H,1-4H2/t9-,10-,11?,12?/m1/s1. The molecular formula is C15H16ClN. The first kappa shape index (κ1) is 10.1. The number of aromatic nitrogens is 1. The summed E-state index contributed by atoms with van der Waals surface area (Å²) in [6.07, 6.45) is 12.2. The molecule has 0 radical (unpaired) electrons. The molecule has 1 saturated carbocycles. The van der Waals surface area contributed by atoms with Gasteiger partial charge >= 0.3 is 0 Å². The second kappa shape index (κ2) is 3.58. The van der Waals surface area contributed by atoms with Crippen molar-refractivity contribution in [3.63, 3.8) is 0 Å². The molecule has 0 N–H and O–H groups in total. The smallest absolute Gasteiger partial charge is 0.0527 e. The van der Waals surface area contributed by atoms with Crippen molar-refractivity contribution in [2.45, 2.75) is 37.5 Å². The second-order valence-corrected chi connectivity index (χ2v) is 6.05. The molecule has 2 unspecified atom stereocenters. The van der Waals surface area contributed by atoms with Crippen LogP contribution < -0.4 is 0 Å². The average molecular weight is 246 g/mol. The molecular weight excluding hydrogens is 230 g/mol. The van der Waals surface area contributed by atoms with E-state index in [0.29, 0.717) is 11.8 Å². The van der Waals surface area contributed by atoms with Gasteiger partial charge in [0.05, 0.1) is 5.69 Å². The van der Waals surface area contributed by atoms with Crippen LogP contribution in [0.2, 0.25) is 5.02 Å². The Balaban J connectivity index is 1.91. The van der Waals surface area contributed by atoms with Gasteiger partial charge in [-0.2, -0.15) is 0 Å². The number of nitrogens with zero attached hydrogens (tertiary/aromatic N) is 1. The zero-order valence-corrected chi connectivity index (χ0v) is 10.5. The molecule has 4 aliphatic carbocycles. The molecule has 1 nitrogen and oxygen atoms in total. The van der Waals surface area contributed by atoms with Gasteiger partial charge in [0.2, 0.25) is 0 Å². The normalized spacial score (nSPS) is 37.7. The lowest BCUT2D eigenvalue weighted by Crippen LogP contribution is -2.38. The molecule has 2 heteroatoms. The van der Waals surface area contributed by atoms with Gasteiger partial charge < -0.3 is 0 Å². The van der Waals surface area contributed by atoms with Crippen LogP contribution in [0.4, 0.5) is 0 Å². The summed E-state index contributed by atoms with van der Waals surface area (Å²) in [7, 11) is 0. The van der Waals surface area contributed by atoms with Gasteiger partial charge in [-0.05, 0) is 30.7 Å². The van der Waals surface area contributed by atoms with Gasteiger partial charge in [-0.1, -0.05) is 36.6 Å². The third-order valence-corrected chi connectivity index (χ3v) is 5.27. The van der Waals surface area contributed by atoms with Crippen LogP contribution in [-0.4, -0.2) is 4.98 Å². The van der Waals surface area contributed by atoms with Crippen molar-refractivity contribution in [2.24, 2.45) is 11.8 Å². The van der Waals surface area contributed by atoms with Crippen molar-refractivity contribution in [1.29, 1.82) is 0 Å². The minimum atomic E-state index is 0.541. The van der Waals surface area contributed by atoms with Gasteiger partial charge in [-0.15, -0.1) is 0 Å². The number of pyridine rings is 1. The SMILES string of the molecule is Clc1ccnc2c1C1C=CC2[C@@H]2CCCC[C@@H]12. The van der Waals surface area contributed by atoms with Crippen LogP contribution in [-0.2, 0) is 0 Å². The number of hydrogen-bond acceptors (Lipinski definition) is 1. The minimum Gasteiger partial charge on any atom is -0.260 e. The number of rotatable bonds is 0. The monoisotopic (exact) mass is 245 g/mol. The van der Waals surface area contributed by atoms with E-state index in [1.165, 1.54) is 36.9 Å². The van der Waals surface area contributed by atoms with Crippen LogP contribution in [0.5, 0.6) is 0 Å². The zero-order valence-electron chi connectivity index (χ0n) is 9.77. The first-order valence-corrected chi connectivity index (χ1v) is 7.06. The maximum atomic E-state index is 6.39. The summed E-state index contributed by atoms with van der Waals surface area (Å²) in [6.45, 7) is 0. The Morgan fingerprint density at radius 1 is 1.06 bits per heavy atom. The van der Waals surface area contributed by atoms with Gasteiger partial charge in [0.25, 0.3) is 0 Å². The van der Waals surface area contributed by atoms with Crippen molar-refractivity contribution >= 4 is 11.6 Å². The van der Waals surface area contributed by atoms with E-state index in [9.17, 15) is 0 Å². The summed E-state index contributed by atoms with van der Waals surface area (Å²) < 4.78 is 0. The van der Waals surface area contributed by atoms with E-state index in [1.807, 2.05) is 12.3 Å². The largest absolute Gasteiger partial charge is 0.260 e. The summed E-state index contributed by atoms with van der Waals surface area (Å²) in [5.41, 5.74) is 2.61. The molecule has 0 aromatic carbocycles. The van der Waals surface area contributed by atoms with Gasteiger partial charge in [-0.25, -0.2) is 0 Å². The van der Waals surface area contributed by atoms with Gasteiger partial charge in [-0.3, -0.25) is 4.98 Å². The topological polar surface area (TPSA) is 12.9 Å². The van der Waals surface area contributed by atoms with Crippen LogP contribution >= 0.6 is 11.6 Å². The summed E-state index contributed by atoms with van der Waals surface area (Å²) in [5.74, 6) is 2.74. The lowest BCUT2D eigenvalue weighted by molar-refractivity contribution is 0.171. The Bertz CT molecular complexity index is 494. The van der Waals surface area contributed by atoms with E-state index >= 15 is 0 Å². The van der Waals surface area contributed by atoms with Crippen LogP contribution in [0.3, 0.4) is 0 Å². The maximum Gasteiger partial charge on any atom is 0.0527 e. The first-order chi connectivity index (χ1) is 8.36. The van der Waals surface area contributed by atoms with Crippen LogP contribution in [0.15, 0.2) is 24.4 Å². The van der Waals surface area contributed by atoms with Crippen molar-refractivity contribution in [2.75, 3.05) is 0 Å². The molecule has 1 aromatic heterocycles. The Morgan fingerprint density at radius 2 is 1.76 bits per heavy atom. The Hall–Kier alpha value is -0.820. The van der Waals surface area contributed by atoms with Crippen LogP contribution in [0, 0.1) is 11.8 Å².